The molecule has 0 atom stereocenters. The van der Waals surface area contributed by atoms with E-state index in [1.165, 1.54) is 11.1 Å². The van der Waals surface area contributed by atoms with Gasteiger partial charge in [-0.15, -0.1) is 0 Å². The van der Waals surface area contributed by atoms with E-state index < -0.39 is 0 Å². The van der Waals surface area contributed by atoms with Crippen LogP contribution >= 0.6 is 0 Å². The van der Waals surface area contributed by atoms with E-state index in [0.717, 1.165) is 17.7 Å². The Morgan fingerprint density at radius 3 is 2.54 bits per heavy atom. The van der Waals surface area contributed by atoms with Crippen molar-refractivity contribution in [2.75, 3.05) is 5.32 Å². The summed E-state index contributed by atoms with van der Waals surface area (Å²) in [7, 11) is 0. The number of nitrogens with one attached hydrogen (secondary N) is 1. The first-order valence-electron chi connectivity index (χ1n) is 4.49. The molecule has 1 rings (SSSR count). The van der Waals surface area contributed by atoms with E-state index in [9.17, 15) is 4.79 Å². The van der Waals surface area contributed by atoms with Crippen LogP contribution < -0.4 is 5.32 Å². The van der Waals surface area contributed by atoms with Crippen LogP contribution in [0.25, 0.3) is 0 Å². The van der Waals surface area contributed by atoms with Gasteiger partial charge in [0, 0.05) is 5.69 Å². The van der Waals surface area contributed by atoms with Crippen LogP contribution in [-0.2, 0) is 11.2 Å². The summed E-state index contributed by atoms with van der Waals surface area (Å²) in [6, 6.07) is 4.14. The molecule has 0 fully saturated rings. The predicted octanol–water partition coefficient (Wildman–Crippen LogP) is 2.43. The van der Waals surface area contributed by atoms with E-state index in [4.69, 9.17) is 0 Å². The largest absolute Gasteiger partial charge is 0.328 e. The molecular weight excluding hydrogens is 162 g/mol. The van der Waals surface area contributed by atoms with E-state index in [1.807, 2.05) is 13.0 Å². The minimum atomic E-state index is 0.716. The predicted molar refractivity (Wildman–Crippen MR) is 55.0 cm³/mol. The maximum atomic E-state index is 10.3. The molecule has 0 aromatic heterocycles. The number of carbonyl (C=O) groups is 1. The number of anilines is 1. The average Bonchev–Trinajstić information content (AvgIpc) is 2.11. The Morgan fingerprint density at radius 1 is 1.31 bits per heavy atom. The zero-order chi connectivity index (χ0) is 9.84. The SMILES string of the molecule is CCc1cc(C)c(NC=O)cc1C. The lowest BCUT2D eigenvalue weighted by Gasteiger charge is -2.09. The van der Waals surface area contributed by atoms with Crippen molar-refractivity contribution in [1.82, 2.24) is 0 Å². The first kappa shape index (κ1) is 9.78. The maximum absolute atomic E-state index is 10.3. The number of carbonyl (C=O) groups excluding carboxylic acids is 1. The summed E-state index contributed by atoms with van der Waals surface area (Å²) >= 11 is 0. The Balaban J connectivity index is 3.12. The van der Waals surface area contributed by atoms with Crippen LogP contribution in [0.4, 0.5) is 5.69 Å². The maximum Gasteiger partial charge on any atom is 0.211 e. The van der Waals surface area contributed by atoms with Gasteiger partial charge in [-0.3, -0.25) is 4.79 Å². The van der Waals surface area contributed by atoms with E-state index in [1.54, 1.807) is 0 Å². The fraction of sp³-hybridized carbons (Fsp3) is 0.364. The molecule has 1 N–H and O–H groups in total. The molecule has 1 aromatic rings. The molecule has 70 valence electrons. The quantitative estimate of drug-likeness (QED) is 0.706. The summed E-state index contributed by atoms with van der Waals surface area (Å²) in [5, 5.41) is 2.69. The lowest BCUT2D eigenvalue weighted by molar-refractivity contribution is -0.105. The number of hydrogen-bond donors (Lipinski definition) is 1. The normalized spacial score (nSPS) is 9.77. The summed E-state index contributed by atoms with van der Waals surface area (Å²) in [5.41, 5.74) is 4.60. The Bertz CT molecular complexity index is 318. The highest BCUT2D eigenvalue weighted by Crippen LogP contribution is 2.20. The van der Waals surface area contributed by atoms with Crippen molar-refractivity contribution in [3.05, 3.63) is 28.8 Å². The number of benzene rings is 1. The number of amides is 1. The van der Waals surface area contributed by atoms with Gasteiger partial charge in [-0.2, -0.15) is 0 Å². The lowest BCUT2D eigenvalue weighted by atomic mass is 10.0. The van der Waals surface area contributed by atoms with Crippen LogP contribution in [0.1, 0.15) is 23.6 Å². The highest BCUT2D eigenvalue weighted by molar-refractivity contribution is 5.74. The molecule has 0 bridgehead atoms. The van der Waals surface area contributed by atoms with Gasteiger partial charge in [0.2, 0.25) is 6.41 Å². The van der Waals surface area contributed by atoms with E-state index in [0.29, 0.717) is 6.41 Å². The average molecular weight is 177 g/mol. The standard InChI is InChI=1S/C11H15NO/c1-4-10-5-9(3)11(12-7-13)6-8(10)2/h5-7H,4H2,1-3H3,(H,12,13). The molecule has 0 unspecified atom stereocenters. The van der Waals surface area contributed by atoms with Gasteiger partial charge >= 0.3 is 0 Å². The van der Waals surface area contributed by atoms with Gasteiger partial charge in [-0.1, -0.05) is 13.0 Å². The molecule has 0 aliphatic carbocycles. The van der Waals surface area contributed by atoms with Gasteiger partial charge in [0.1, 0.15) is 0 Å². The molecule has 0 radical (unpaired) electrons. The summed E-state index contributed by atoms with van der Waals surface area (Å²) in [5.74, 6) is 0. The fourth-order valence-electron chi connectivity index (χ4n) is 1.48. The second-order valence-electron chi connectivity index (χ2n) is 3.21. The van der Waals surface area contributed by atoms with E-state index in [2.05, 4.69) is 25.2 Å². The monoisotopic (exact) mass is 177 g/mol. The van der Waals surface area contributed by atoms with Crippen LogP contribution in [-0.4, -0.2) is 6.41 Å². The third-order valence-electron chi connectivity index (χ3n) is 2.28. The minimum absolute atomic E-state index is 0.716. The summed E-state index contributed by atoms with van der Waals surface area (Å²) in [6.07, 6.45) is 1.75. The molecule has 0 aliphatic rings. The van der Waals surface area contributed by atoms with Gasteiger partial charge in [0.15, 0.2) is 0 Å². The summed E-state index contributed by atoms with van der Waals surface area (Å²) in [4.78, 5) is 10.3. The van der Waals surface area contributed by atoms with Crippen molar-refractivity contribution in [2.45, 2.75) is 27.2 Å². The molecule has 0 saturated carbocycles. The Labute approximate surface area is 79.0 Å². The van der Waals surface area contributed by atoms with Crippen molar-refractivity contribution in [2.24, 2.45) is 0 Å². The Morgan fingerprint density at radius 2 is 2.00 bits per heavy atom. The first-order chi connectivity index (χ1) is 6.19. The van der Waals surface area contributed by atoms with Crippen molar-refractivity contribution in [3.63, 3.8) is 0 Å². The second-order valence-corrected chi connectivity index (χ2v) is 3.21. The number of rotatable bonds is 3. The molecule has 0 heterocycles. The highest BCUT2D eigenvalue weighted by atomic mass is 16.1. The van der Waals surface area contributed by atoms with E-state index >= 15 is 0 Å². The Kier molecular flexibility index (Phi) is 3.07. The van der Waals surface area contributed by atoms with Crippen LogP contribution in [0.15, 0.2) is 12.1 Å². The van der Waals surface area contributed by atoms with Gasteiger partial charge in [-0.05, 0) is 43.0 Å². The van der Waals surface area contributed by atoms with Crippen molar-refractivity contribution in [1.29, 1.82) is 0 Å². The third kappa shape index (κ3) is 2.08. The van der Waals surface area contributed by atoms with Gasteiger partial charge in [0.05, 0.1) is 0 Å². The molecule has 0 aliphatic heterocycles. The van der Waals surface area contributed by atoms with Crippen LogP contribution in [0.2, 0.25) is 0 Å². The molecule has 2 nitrogen and oxygen atoms in total. The zero-order valence-electron chi connectivity index (χ0n) is 8.35. The van der Waals surface area contributed by atoms with Gasteiger partial charge in [0.25, 0.3) is 0 Å². The van der Waals surface area contributed by atoms with Gasteiger partial charge in [-0.25, -0.2) is 0 Å². The molecule has 2 heteroatoms. The molecule has 0 saturated heterocycles. The number of hydrogen-bond acceptors (Lipinski definition) is 1. The Hall–Kier alpha value is -1.31. The summed E-state index contributed by atoms with van der Waals surface area (Å²) in [6.45, 7) is 6.20. The second kappa shape index (κ2) is 4.08. The minimum Gasteiger partial charge on any atom is -0.328 e. The van der Waals surface area contributed by atoms with Crippen LogP contribution in [0, 0.1) is 13.8 Å². The molecular formula is C11H15NO. The highest BCUT2D eigenvalue weighted by Gasteiger charge is 2.01. The number of aryl methyl sites for hydroxylation is 3. The van der Waals surface area contributed by atoms with Crippen molar-refractivity contribution < 1.29 is 4.79 Å². The lowest BCUT2D eigenvalue weighted by Crippen LogP contribution is -1.98. The topological polar surface area (TPSA) is 29.1 Å². The van der Waals surface area contributed by atoms with Crippen molar-refractivity contribution in [3.8, 4) is 0 Å². The van der Waals surface area contributed by atoms with Gasteiger partial charge < -0.3 is 5.32 Å². The first-order valence-corrected chi connectivity index (χ1v) is 4.49. The molecule has 1 amide bonds. The molecule has 0 spiro atoms. The third-order valence-corrected chi connectivity index (χ3v) is 2.28. The molecule has 13 heavy (non-hydrogen) atoms. The van der Waals surface area contributed by atoms with Crippen LogP contribution in [0.5, 0.6) is 0 Å². The zero-order valence-corrected chi connectivity index (χ0v) is 8.35. The molecule has 1 aromatic carbocycles. The van der Waals surface area contributed by atoms with E-state index in [-0.39, 0.29) is 0 Å². The van der Waals surface area contributed by atoms with Crippen LogP contribution in [0.3, 0.4) is 0 Å². The summed E-state index contributed by atoms with van der Waals surface area (Å²) < 4.78 is 0. The fourth-order valence-corrected chi connectivity index (χ4v) is 1.48. The smallest absolute Gasteiger partial charge is 0.211 e. The van der Waals surface area contributed by atoms with Crippen molar-refractivity contribution >= 4 is 12.1 Å².